The van der Waals surface area contributed by atoms with Crippen LogP contribution in [0.25, 0.3) is 0 Å². The van der Waals surface area contributed by atoms with Gasteiger partial charge in [0.2, 0.25) is 0 Å². The molecule has 66 valence electrons. The van der Waals surface area contributed by atoms with Gasteiger partial charge in [-0.3, -0.25) is 0 Å². The molecule has 1 saturated heterocycles. The van der Waals surface area contributed by atoms with Crippen LogP contribution in [0.15, 0.2) is 0 Å². The number of aliphatic hydroxyl groups excluding tert-OH is 1. The molecule has 0 spiro atoms. The highest BCUT2D eigenvalue weighted by Gasteiger charge is 2.38. The third-order valence-corrected chi connectivity index (χ3v) is 3.16. The number of rotatable bonds is 0. The average Bonchev–Trinajstić information content (AvgIpc) is 1.83. The second-order valence-corrected chi connectivity index (χ2v) is 4.62. The Morgan fingerprint density at radius 3 is 2.45 bits per heavy atom. The molecule has 0 aromatic rings. The molecule has 1 heterocycles. The van der Waals surface area contributed by atoms with E-state index in [0.717, 1.165) is 13.0 Å². The van der Waals surface area contributed by atoms with E-state index in [-0.39, 0.29) is 11.6 Å². The Hall–Kier alpha value is -0.0800. The molecule has 0 bridgehead atoms. The maximum Gasteiger partial charge on any atom is 0.0943 e. The highest BCUT2D eigenvalue weighted by molar-refractivity contribution is 4.79. The predicted molar refractivity (Wildman–Crippen MR) is 45.6 cm³/mol. The van der Waals surface area contributed by atoms with Crippen LogP contribution < -0.4 is 4.90 Å². The summed E-state index contributed by atoms with van der Waals surface area (Å²) in [5.41, 5.74) is 0.256. The quantitative estimate of drug-likeness (QED) is 0.496. The number of quaternary nitrogens is 1. The van der Waals surface area contributed by atoms with E-state index >= 15 is 0 Å². The normalized spacial score (nSPS) is 43.9. The first-order chi connectivity index (χ1) is 4.93. The molecule has 0 aromatic heterocycles. The zero-order valence-electron chi connectivity index (χ0n) is 8.02. The fraction of sp³-hybridized carbons (Fsp3) is 1.00. The van der Waals surface area contributed by atoms with Crippen LogP contribution in [0.3, 0.4) is 0 Å². The van der Waals surface area contributed by atoms with Gasteiger partial charge in [0, 0.05) is 12.3 Å². The van der Waals surface area contributed by atoms with Crippen molar-refractivity contribution in [2.45, 2.75) is 38.8 Å². The molecule has 1 aliphatic rings. The highest BCUT2D eigenvalue weighted by atomic mass is 16.3. The molecule has 1 rings (SSSR count). The maximum atomic E-state index is 9.62. The van der Waals surface area contributed by atoms with E-state index in [1.807, 2.05) is 0 Å². The lowest BCUT2D eigenvalue weighted by molar-refractivity contribution is -0.940. The Balaban J connectivity index is 2.63. The van der Waals surface area contributed by atoms with Gasteiger partial charge in [-0.15, -0.1) is 0 Å². The van der Waals surface area contributed by atoms with Crippen LogP contribution in [-0.2, 0) is 0 Å². The standard InChI is InChI=1S/C9H19NO/c1-7-6-10(4)9(2,3)5-8(7)11/h7-8,11H,5-6H2,1-4H3/p+1/t7-,8-/m0/s1. The lowest BCUT2D eigenvalue weighted by Gasteiger charge is -2.41. The predicted octanol–water partition coefficient (Wildman–Crippen LogP) is -0.320. The maximum absolute atomic E-state index is 9.62. The first-order valence-electron chi connectivity index (χ1n) is 4.44. The van der Waals surface area contributed by atoms with Crippen molar-refractivity contribution in [3.05, 3.63) is 0 Å². The van der Waals surface area contributed by atoms with Crippen molar-refractivity contribution in [2.24, 2.45) is 5.92 Å². The topological polar surface area (TPSA) is 24.7 Å². The third-order valence-electron chi connectivity index (χ3n) is 3.16. The first-order valence-corrected chi connectivity index (χ1v) is 4.44. The summed E-state index contributed by atoms with van der Waals surface area (Å²) in [6, 6.07) is 0. The van der Waals surface area contributed by atoms with Gasteiger partial charge >= 0.3 is 0 Å². The Morgan fingerprint density at radius 1 is 1.45 bits per heavy atom. The number of piperidine rings is 1. The monoisotopic (exact) mass is 158 g/mol. The lowest BCUT2D eigenvalue weighted by atomic mass is 9.84. The SMILES string of the molecule is C[C@H]1C[NH+](C)C(C)(C)C[C@@H]1O. The van der Waals surface area contributed by atoms with E-state index in [4.69, 9.17) is 0 Å². The van der Waals surface area contributed by atoms with Crippen molar-refractivity contribution in [1.82, 2.24) is 0 Å². The Morgan fingerprint density at radius 2 is 2.00 bits per heavy atom. The molecule has 2 nitrogen and oxygen atoms in total. The van der Waals surface area contributed by atoms with Gasteiger partial charge in [-0.1, -0.05) is 6.92 Å². The second-order valence-electron chi connectivity index (χ2n) is 4.62. The smallest absolute Gasteiger partial charge is 0.0943 e. The van der Waals surface area contributed by atoms with E-state index < -0.39 is 0 Å². The van der Waals surface area contributed by atoms with E-state index in [2.05, 4.69) is 27.8 Å². The number of likely N-dealkylation sites (tertiary alicyclic amines) is 1. The minimum absolute atomic E-state index is 0.0892. The summed E-state index contributed by atoms with van der Waals surface area (Å²) in [5.74, 6) is 0.461. The summed E-state index contributed by atoms with van der Waals surface area (Å²) < 4.78 is 0. The Kier molecular flexibility index (Phi) is 2.26. The fourth-order valence-electron chi connectivity index (χ4n) is 1.79. The molecule has 0 aromatic carbocycles. The van der Waals surface area contributed by atoms with Crippen LogP contribution >= 0.6 is 0 Å². The molecular weight excluding hydrogens is 138 g/mol. The van der Waals surface area contributed by atoms with Crippen LogP contribution in [0.5, 0.6) is 0 Å². The zero-order chi connectivity index (χ0) is 8.65. The minimum atomic E-state index is -0.0892. The molecule has 0 amide bonds. The molecule has 0 aliphatic carbocycles. The molecule has 0 saturated carbocycles. The summed E-state index contributed by atoms with van der Waals surface area (Å²) in [5, 5.41) is 9.62. The van der Waals surface area contributed by atoms with Gasteiger partial charge in [0.25, 0.3) is 0 Å². The summed E-state index contributed by atoms with van der Waals surface area (Å²) in [7, 11) is 2.21. The highest BCUT2D eigenvalue weighted by Crippen LogP contribution is 2.17. The van der Waals surface area contributed by atoms with Crippen molar-refractivity contribution in [2.75, 3.05) is 13.6 Å². The third kappa shape index (κ3) is 1.74. The fourth-order valence-corrected chi connectivity index (χ4v) is 1.79. The van der Waals surface area contributed by atoms with Gasteiger partial charge in [0.1, 0.15) is 0 Å². The largest absolute Gasteiger partial charge is 0.392 e. The summed E-state index contributed by atoms with van der Waals surface area (Å²) >= 11 is 0. The van der Waals surface area contributed by atoms with Crippen molar-refractivity contribution < 1.29 is 10.0 Å². The van der Waals surface area contributed by atoms with Gasteiger partial charge in [0.05, 0.1) is 25.2 Å². The van der Waals surface area contributed by atoms with Crippen LogP contribution in [0.4, 0.5) is 0 Å². The van der Waals surface area contributed by atoms with Gasteiger partial charge < -0.3 is 10.0 Å². The van der Waals surface area contributed by atoms with E-state index in [0.29, 0.717) is 5.92 Å². The van der Waals surface area contributed by atoms with Crippen molar-refractivity contribution in [1.29, 1.82) is 0 Å². The molecule has 0 radical (unpaired) electrons. The van der Waals surface area contributed by atoms with Gasteiger partial charge in [-0.25, -0.2) is 0 Å². The van der Waals surface area contributed by atoms with Crippen molar-refractivity contribution >= 4 is 0 Å². The lowest BCUT2D eigenvalue weighted by Crippen LogP contribution is -3.18. The average molecular weight is 158 g/mol. The van der Waals surface area contributed by atoms with Crippen LogP contribution in [0.1, 0.15) is 27.2 Å². The molecule has 11 heavy (non-hydrogen) atoms. The molecular formula is C9H20NO+. The summed E-state index contributed by atoms with van der Waals surface area (Å²) in [6.45, 7) is 7.66. The van der Waals surface area contributed by atoms with Crippen LogP contribution in [-0.4, -0.2) is 30.3 Å². The van der Waals surface area contributed by atoms with Gasteiger partial charge in [0.15, 0.2) is 0 Å². The second kappa shape index (κ2) is 2.76. The van der Waals surface area contributed by atoms with E-state index in [9.17, 15) is 5.11 Å². The van der Waals surface area contributed by atoms with Gasteiger partial charge in [-0.2, -0.15) is 0 Å². The molecule has 1 fully saturated rings. The molecule has 2 heteroatoms. The summed E-state index contributed by atoms with van der Waals surface area (Å²) in [4.78, 5) is 1.54. The van der Waals surface area contributed by atoms with Gasteiger partial charge in [-0.05, 0) is 13.8 Å². The minimum Gasteiger partial charge on any atom is -0.392 e. The van der Waals surface area contributed by atoms with E-state index in [1.165, 1.54) is 4.90 Å². The number of nitrogens with one attached hydrogen (secondary N) is 1. The van der Waals surface area contributed by atoms with E-state index in [1.54, 1.807) is 0 Å². The summed E-state index contributed by atoms with van der Waals surface area (Å²) in [6.07, 6.45) is 0.841. The van der Waals surface area contributed by atoms with Crippen LogP contribution in [0.2, 0.25) is 0 Å². The molecule has 2 N–H and O–H groups in total. The Labute approximate surface area is 69.2 Å². The molecule has 1 unspecified atom stereocenters. The number of hydrogen-bond acceptors (Lipinski definition) is 1. The molecule has 1 aliphatic heterocycles. The number of aliphatic hydroxyl groups is 1. The van der Waals surface area contributed by atoms with Crippen LogP contribution in [0, 0.1) is 5.92 Å². The first kappa shape index (κ1) is 9.01. The molecule has 3 atom stereocenters. The van der Waals surface area contributed by atoms with Crippen molar-refractivity contribution in [3.63, 3.8) is 0 Å². The Bertz CT molecular complexity index is 144. The zero-order valence-corrected chi connectivity index (χ0v) is 8.02. The van der Waals surface area contributed by atoms with Crippen molar-refractivity contribution in [3.8, 4) is 0 Å². The number of hydrogen-bond donors (Lipinski definition) is 2.